The van der Waals surface area contributed by atoms with Crippen LogP contribution in [-0.2, 0) is 37.9 Å². The molecule has 6 saturated heterocycles. The topological polar surface area (TPSA) is 238 Å². The molecule has 0 unspecified atom stereocenters. The molecule has 6 spiro atoms. The quantitative estimate of drug-likeness (QED) is 0.170. The normalized spacial score (nSPS) is 31.9. The maximum atomic E-state index is 7.26. The second-order valence-corrected chi connectivity index (χ2v) is 22.7. The Hall–Kier alpha value is -6.04. The Balaban J connectivity index is 1.05. The van der Waals surface area contributed by atoms with Crippen LogP contribution in [0.15, 0.2) is 12.1 Å². The summed E-state index contributed by atoms with van der Waals surface area (Å²) in [6.07, 6.45) is 12.7. The molecular formula is C56H66N8O14. The van der Waals surface area contributed by atoms with Crippen LogP contribution in [0.1, 0.15) is 155 Å². The molecule has 3 aromatic heterocycles. The zero-order chi connectivity index (χ0) is 52.5. The average molecular weight is 1080 g/mol. The van der Waals surface area contributed by atoms with Crippen molar-refractivity contribution < 1.29 is 66.3 Å². The zero-order valence-electron chi connectivity index (χ0n) is 44.7. The molecule has 22 nitrogen and oxygen atoms in total. The van der Waals surface area contributed by atoms with Gasteiger partial charge in [-0.05, 0) is 117 Å². The molecule has 78 heavy (non-hydrogen) atoms. The lowest BCUT2D eigenvalue weighted by atomic mass is 9.89. The summed E-state index contributed by atoms with van der Waals surface area (Å²) in [5.74, 6) is -4.71. The average Bonchev–Trinajstić information content (AvgIpc) is 4.33. The van der Waals surface area contributed by atoms with Crippen LogP contribution in [0.2, 0.25) is 0 Å². The lowest BCUT2D eigenvalue weighted by molar-refractivity contribution is -0.404. The molecule has 4 aromatic rings. The number of H-pyrrole nitrogens is 2. The van der Waals surface area contributed by atoms with Crippen molar-refractivity contribution in [2.24, 2.45) is 0 Å². The minimum atomic E-state index is -1.32. The van der Waals surface area contributed by atoms with Crippen LogP contribution in [0, 0.1) is 0 Å². The first-order valence-electron chi connectivity index (χ1n) is 28.6. The maximum absolute atomic E-state index is 7.26. The molecule has 11 aliphatic rings. The van der Waals surface area contributed by atoms with Gasteiger partial charge in [-0.3, -0.25) is 0 Å². The summed E-state index contributed by atoms with van der Waals surface area (Å²) >= 11 is 0. The van der Waals surface area contributed by atoms with E-state index in [4.69, 9.17) is 96.2 Å². The van der Waals surface area contributed by atoms with Gasteiger partial charge in [0.15, 0.2) is 34.2 Å². The number of aromatic nitrogens is 8. The van der Waals surface area contributed by atoms with Gasteiger partial charge in [0.1, 0.15) is 11.5 Å². The summed E-state index contributed by atoms with van der Waals surface area (Å²) in [6, 6.07) is 3.74. The predicted octanol–water partition coefficient (Wildman–Crippen LogP) is 9.60. The van der Waals surface area contributed by atoms with E-state index in [9.17, 15) is 0 Å². The van der Waals surface area contributed by atoms with E-state index < -0.39 is 34.7 Å². The van der Waals surface area contributed by atoms with Crippen LogP contribution in [-0.4, -0.2) is 126 Å². The number of ether oxygens (including phenoxy) is 14. The molecular weight excluding hydrogens is 1010 g/mol. The van der Waals surface area contributed by atoms with Crippen molar-refractivity contribution in [2.75, 3.05) is 39.6 Å². The lowest BCUT2D eigenvalue weighted by Gasteiger charge is -2.53. The summed E-state index contributed by atoms with van der Waals surface area (Å²) in [5, 5.41) is 0. The number of hydrogen-bond donors (Lipinski definition) is 2. The number of benzene rings is 1. The fourth-order valence-corrected chi connectivity index (χ4v) is 13.2. The SMILES string of the molecule is CC(C)Oc1ccc(OC(C)C)c2c1-c1nc3nc(nc4[nH]c(nc5[nH]c(nc-2n1)c1c5O[C@]2(CCCCO2)[C@@]2(CCCCO2)O1)c1c4O[C@]2(CCCCO2)[C@@]2(CCCCO2)O1)C1=C3O[C@]2(CCCCO2)[C@@]2(CCCCO2)O1. The van der Waals surface area contributed by atoms with E-state index in [0.717, 1.165) is 77.0 Å². The fraction of sp³-hybridized carbons (Fsp3) is 0.643. The van der Waals surface area contributed by atoms with Gasteiger partial charge < -0.3 is 76.3 Å². The summed E-state index contributed by atoms with van der Waals surface area (Å²) in [6.45, 7) is 10.6. The molecule has 414 valence electrons. The summed E-state index contributed by atoms with van der Waals surface area (Å²) in [5.41, 5.74) is 1.99. The van der Waals surface area contributed by atoms with Crippen LogP contribution in [0.25, 0.3) is 56.9 Å². The van der Waals surface area contributed by atoms with Gasteiger partial charge in [0.05, 0.1) is 63.0 Å². The van der Waals surface area contributed by atoms with Gasteiger partial charge in [-0.2, -0.15) is 0 Å². The Morgan fingerprint density at radius 1 is 0.359 bits per heavy atom. The number of hydrogen-bond acceptors (Lipinski definition) is 20. The largest absolute Gasteiger partial charge is 0.490 e. The molecule has 0 radical (unpaired) electrons. The maximum Gasteiger partial charge on any atom is 0.277 e. The number of nitrogens with one attached hydrogen (secondary N) is 2. The molecule has 8 bridgehead atoms. The van der Waals surface area contributed by atoms with Crippen LogP contribution >= 0.6 is 0 Å². The third-order valence-corrected chi connectivity index (χ3v) is 16.7. The number of nitrogens with zero attached hydrogens (tertiary/aromatic N) is 6. The molecule has 2 N–H and O–H groups in total. The first-order valence-corrected chi connectivity index (χ1v) is 28.6. The molecule has 6 fully saturated rings. The van der Waals surface area contributed by atoms with Crippen LogP contribution in [0.3, 0.4) is 0 Å². The Morgan fingerprint density at radius 3 is 0.974 bits per heavy atom. The number of rotatable bonds is 4. The van der Waals surface area contributed by atoms with Gasteiger partial charge in [-0.15, -0.1) is 0 Å². The van der Waals surface area contributed by atoms with Gasteiger partial charge in [0.2, 0.25) is 46.2 Å². The Bertz CT molecular complexity index is 3250. The molecule has 0 saturated carbocycles. The summed E-state index contributed by atoms with van der Waals surface area (Å²) in [4.78, 5) is 38.9. The molecule has 14 heterocycles. The van der Waals surface area contributed by atoms with Gasteiger partial charge in [-0.25, -0.2) is 29.9 Å². The van der Waals surface area contributed by atoms with Crippen molar-refractivity contribution in [2.45, 2.75) is 190 Å². The van der Waals surface area contributed by atoms with Crippen molar-refractivity contribution in [3.8, 4) is 57.3 Å². The van der Waals surface area contributed by atoms with E-state index in [1.54, 1.807) is 0 Å². The van der Waals surface area contributed by atoms with Crippen molar-refractivity contribution in [3.05, 3.63) is 23.8 Å². The molecule has 22 heteroatoms. The highest BCUT2D eigenvalue weighted by molar-refractivity contribution is 5.92. The molecule has 6 atom stereocenters. The lowest BCUT2D eigenvalue weighted by Crippen LogP contribution is -2.68. The van der Waals surface area contributed by atoms with Crippen LogP contribution < -0.4 is 28.4 Å². The van der Waals surface area contributed by atoms with Crippen LogP contribution in [0.5, 0.6) is 34.5 Å². The Morgan fingerprint density at radius 2 is 0.641 bits per heavy atom. The highest BCUT2D eigenvalue weighted by atomic mass is 16.8. The van der Waals surface area contributed by atoms with E-state index in [1.807, 2.05) is 39.8 Å². The van der Waals surface area contributed by atoms with E-state index >= 15 is 0 Å². The Kier molecular flexibility index (Phi) is 11.5. The molecule has 0 amide bonds. The van der Waals surface area contributed by atoms with E-state index in [1.165, 1.54) is 0 Å². The van der Waals surface area contributed by atoms with Crippen molar-refractivity contribution in [3.63, 3.8) is 0 Å². The fourth-order valence-electron chi connectivity index (χ4n) is 13.2. The van der Waals surface area contributed by atoms with Crippen molar-refractivity contribution in [1.82, 2.24) is 39.9 Å². The second kappa shape index (κ2) is 18.2. The third-order valence-electron chi connectivity index (χ3n) is 16.7. The Labute approximate surface area is 449 Å². The van der Waals surface area contributed by atoms with Crippen molar-refractivity contribution in [1.29, 1.82) is 0 Å². The van der Waals surface area contributed by atoms with Crippen molar-refractivity contribution >= 4 is 34.1 Å². The number of aromatic amines is 2. The molecule has 11 aliphatic heterocycles. The highest BCUT2D eigenvalue weighted by Gasteiger charge is 2.67. The standard InChI is InChI=1S/C56H66N8O14/c1-31(2)71-33-17-18-34(72-32(3)4)36-35(33)43-57-44(36)59-46-38-40(76-54(22-8-14-28-68-54)52(74-38)20-6-12-26-66-52)48(61-46)63-50-42-41(77-55(23-9-15-29-69-55)56(78-42)24-10-16-30-70-56)49(64-50)62-47-39-37(45(58-43)60-47)73-51(19-5-11-25-65-51)53(75-39)21-7-13-27-67-53/h17-18,31-32H,5-16,19-30H2,1-4H3,(H2,57,58,59,60,61,62,63,64)/t51-,52-,53-,54-,55-,56-/m1/s1. The summed E-state index contributed by atoms with van der Waals surface area (Å²) in [7, 11) is 0. The smallest absolute Gasteiger partial charge is 0.277 e. The molecule has 15 rings (SSSR count). The van der Waals surface area contributed by atoms with E-state index in [2.05, 4.69) is 9.97 Å². The second-order valence-electron chi connectivity index (χ2n) is 22.7. The molecule has 1 aromatic carbocycles. The first-order chi connectivity index (χ1) is 38.0. The van der Waals surface area contributed by atoms with Gasteiger partial charge >= 0.3 is 0 Å². The van der Waals surface area contributed by atoms with Gasteiger partial charge in [-0.1, -0.05) is 0 Å². The van der Waals surface area contributed by atoms with Gasteiger partial charge in [0.25, 0.3) is 34.7 Å². The third kappa shape index (κ3) is 7.41. The first kappa shape index (κ1) is 49.0. The predicted molar refractivity (Wildman–Crippen MR) is 275 cm³/mol. The van der Waals surface area contributed by atoms with Crippen LogP contribution in [0.4, 0.5) is 0 Å². The minimum Gasteiger partial charge on any atom is -0.490 e. The minimum absolute atomic E-state index is 0.121. The van der Waals surface area contributed by atoms with Gasteiger partial charge in [0, 0.05) is 38.5 Å². The molecule has 0 aliphatic carbocycles. The van der Waals surface area contributed by atoms with E-state index in [0.29, 0.717) is 101 Å². The highest BCUT2D eigenvalue weighted by Crippen LogP contribution is 2.59. The number of fused-ring (bicyclic) bond motifs is 22. The monoisotopic (exact) mass is 1070 g/mol. The van der Waals surface area contributed by atoms with E-state index in [-0.39, 0.29) is 92.6 Å². The zero-order valence-corrected chi connectivity index (χ0v) is 44.7. The summed E-state index contributed by atoms with van der Waals surface area (Å²) < 4.78 is 97.0.